The van der Waals surface area contributed by atoms with E-state index in [0.29, 0.717) is 34.3 Å². The largest absolute Gasteiger partial charge is 0.497 e. The number of carbonyl (C=O) groups is 1. The predicted octanol–water partition coefficient (Wildman–Crippen LogP) is 3.31. The third kappa shape index (κ3) is 3.78. The van der Waals surface area contributed by atoms with Crippen LogP contribution in [-0.4, -0.2) is 34.2 Å². The Morgan fingerprint density at radius 2 is 2.00 bits per heavy atom. The Morgan fingerprint density at radius 3 is 2.65 bits per heavy atom. The number of aryl methyl sites for hydroxylation is 1. The first kappa shape index (κ1) is 18.5. The number of nitrogens with one attached hydrogen (secondary N) is 1. The molecule has 1 aliphatic rings. The van der Waals surface area contributed by atoms with Crippen LogP contribution in [0.1, 0.15) is 22.3 Å². The molecule has 8 heteroatoms. The van der Waals surface area contributed by atoms with Crippen LogP contribution < -0.4 is 14.4 Å². The zero-order valence-corrected chi connectivity index (χ0v) is 16.0. The summed E-state index contributed by atoms with van der Waals surface area (Å²) in [4.78, 5) is 12.6. The molecule has 0 unspecified atom stereocenters. The predicted molar refractivity (Wildman–Crippen MR) is 103 cm³/mol. The summed E-state index contributed by atoms with van der Waals surface area (Å²) < 4.78 is 30.3. The molecule has 0 radical (unpaired) electrons. The van der Waals surface area contributed by atoms with Crippen molar-refractivity contribution in [2.24, 2.45) is 0 Å². The molecule has 0 fully saturated rings. The zero-order valence-electron chi connectivity index (χ0n) is 14.5. The number of methoxy groups -OCH3 is 1. The fourth-order valence-corrected chi connectivity index (χ4v) is 4.18. The van der Waals surface area contributed by atoms with Crippen molar-refractivity contribution in [3.05, 3.63) is 52.5 Å². The van der Waals surface area contributed by atoms with Gasteiger partial charge < -0.3 is 10.1 Å². The third-order valence-corrected chi connectivity index (χ3v) is 5.74. The van der Waals surface area contributed by atoms with Crippen LogP contribution in [0.25, 0.3) is 0 Å². The molecule has 1 amide bonds. The van der Waals surface area contributed by atoms with Crippen molar-refractivity contribution >= 4 is 38.9 Å². The fraction of sp³-hybridized carbons (Fsp3) is 0.278. The Morgan fingerprint density at radius 1 is 1.23 bits per heavy atom. The van der Waals surface area contributed by atoms with Gasteiger partial charge in [-0.1, -0.05) is 11.6 Å². The van der Waals surface area contributed by atoms with Crippen molar-refractivity contribution in [3.63, 3.8) is 0 Å². The van der Waals surface area contributed by atoms with Crippen LogP contribution in [0.5, 0.6) is 5.75 Å². The average Bonchev–Trinajstić information content (AvgIpc) is 2.61. The molecule has 2 aromatic rings. The van der Waals surface area contributed by atoms with E-state index in [1.165, 1.54) is 17.7 Å². The minimum Gasteiger partial charge on any atom is -0.497 e. The summed E-state index contributed by atoms with van der Waals surface area (Å²) in [6.07, 6.45) is 2.63. The molecule has 0 aromatic heterocycles. The highest BCUT2D eigenvalue weighted by Crippen LogP contribution is 2.31. The molecule has 3 rings (SSSR count). The SMILES string of the molecule is COc1ccc(NC(=O)c2ccc3c(c2)CCCN3S(C)(=O)=O)c(Cl)c1. The van der Waals surface area contributed by atoms with Gasteiger partial charge in [-0.05, 0) is 48.7 Å². The maximum atomic E-state index is 12.6. The van der Waals surface area contributed by atoms with Crippen molar-refractivity contribution in [2.75, 3.05) is 29.5 Å². The maximum Gasteiger partial charge on any atom is 0.255 e. The van der Waals surface area contributed by atoms with Gasteiger partial charge in [0.1, 0.15) is 5.75 Å². The Bertz CT molecular complexity index is 960. The first-order chi connectivity index (χ1) is 12.3. The van der Waals surface area contributed by atoms with Gasteiger partial charge in [0.15, 0.2) is 0 Å². The molecule has 0 atom stereocenters. The molecule has 1 aliphatic heterocycles. The van der Waals surface area contributed by atoms with Crippen LogP contribution in [-0.2, 0) is 16.4 Å². The smallest absolute Gasteiger partial charge is 0.255 e. The van der Waals surface area contributed by atoms with Crippen molar-refractivity contribution in [1.29, 1.82) is 0 Å². The number of fused-ring (bicyclic) bond motifs is 1. The van der Waals surface area contributed by atoms with E-state index in [0.717, 1.165) is 18.4 Å². The number of carbonyl (C=O) groups excluding carboxylic acids is 1. The first-order valence-corrected chi connectivity index (χ1v) is 10.3. The van der Waals surface area contributed by atoms with Gasteiger partial charge in [-0.3, -0.25) is 9.10 Å². The van der Waals surface area contributed by atoms with Crippen molar-refractivity contribution in [3.8, 4) is 5.75 Å². The number of ether oxygens (including phenoxy) is 1. The van der Waals surface area contributed by atoms with Gasteiger partial charge in [0, 0.05) is 18.2 Å². The highest BCUT2D eigenvalue weighted by molar-refractivity contribution is 7.92. The number of anilines is 2. The van der Waals surface area contributed by atoms with Crippen LogP contribution >= 0.6 is 11.6 Å². The topological polar surface area (TPSA) is 75.7 Å². The van der Waals surface area contributed by atoms with Crippen LogP contribution in [0.15, 0.2) is 36.4 Å². The second-order valence-electron chi connectivity index (χ2n) is 6.08. The summed E-state index contributed by atoms with van der Waals surface area (Å²) in [6.45, 7) is 0.457. The normalized spacial score (nSPS) is 13.9. The Kier molecular flexibility index (Phi) is 5.11. The van der Waals surface area contributed by atoms with Gasteiger partial charge in [0.25, 0.3) is 5.91 Å². The number of nitrogens with zero attached hydrogens (tertiary/aromatic N) is 1. The summed E-state index contributed by atoms with van der Waals surface area (Å²) in [5.74, 6) is 0.291. The third-order valence-electron chi connectivity index (χ3n) is 4.24. The maximum absolute atomic E-state index is 12.6. The van der Waals surface area contributed by atoms with E-state index in [9.17, 15) is 13.2 Å². The van der Waals surface area contributed by atoms with Crippen LogP contribution in [0.2, 0.25) is 5.02 Å². The molecule has 0 saturated heterocycles. The van der Waals surface area contributed by atoms with Crippen molar-refractivity contribution in [1.82, 2.24) is 0 Å². The van der Waals surface area contributed by atoms with E-state index < -0.39 is 10.0 Å². The monoisotopic (exact) mass is 394 g/mol. The molecule has 1 heterocycles. The van der Waals surface area contributed by atoms with E-state index in [1.54, 1.807) is 36.4 Å². The highest BCUT2D eigenvalue weighted by atomic mass is 35.5. The Hall–Kier alpha value is -2.25. The van der Waals surface area contributed by atoms with Gasteiger partial charge >= 0.3 is 0 Å². The molecule has 0 bridgehead atoms. The van der Waals surface area contributed by atoms with Gasteiger partial charge in [-0.25, -0.2) is 8.42 Å². The van der Waals surface area contributed by atoms with Crippen LogP contribution in [0, 0.1) is 0 Å². The summed E-state index contributed by atoms with van der Waals surface area (Å²) in [5.41, 5.74) is 2.41. The van der Waals surface area contributed by atoms with E-state index >= 15 is 0 Å². The molecule has 6 nitrogen and oxygen atoms in total. The number of amides is 1. The number of sulfonamides is 1. The second kappa shape index (κ2) is 7.17. The lowest BCUT2D eigenvalue weighted by molar-refractivity contribution is 0.102. The Labute approximate surface area is 157 Å². The number of hydrogen-bond acceptors (Lipinski definition) is 4. The van der Waals surface area contributed by atoms with E-state index in [2.05, 4.69) is 5.32 Å². The lowest BCUT2D eigenvalue weighted by atomic mass is 10.0. The molecule has 138 valence electrons. The zero-order chi connectivity index (χ0) is 18.9. The number of halogens is 1. The number of rotatable bonds is 4. The standard InChI is InChI=1S/C18H19ClN2O4S/c1-25-14-6-7-16(15(19)11-14)20-18(22)13-5-8-17-12(10-13)4-3-9-21(17)26(2,23)24/h5-8,10-11H,3-4,9H2,1-2H3,(H,20,22). The molecule has 1 N–H and O–H groups in total. The van der Waals surface area contributed by atoms with E-state index in [4.69, 9.17) is 16.3 Å². The lowest BCUT2D eigenvalue weighted by Gasteiger charge is -2.29. The Balaban J connectivity index is 1.85. The van der Waals surface area contributed by atoms with E-state index in [1.807, 2.05) is 0 Å². The summed E-state index contributed by atoms with van der Waals surface area (Å²) >= 11 is 6.16. The number of hydrogen-bond donors (Lipinski definition) is 1. The molecule has 2 aromatic carbocycles. The first-order valence-electron chi connectivity index (χ1n) is 8.05. The lowest BCUT2D eigenvalue weighted by Crippen LogP contribution is -2.34. The summed E-state index contributed by atoms with van der Waals surface area (Å²) in [7, 11) is -1.79. The average molecular weight is 395 g/mol. The van der Waals surface area contributed by atoms with Crippen LogP contribution in [0.4, 0.5) is 11.4 Å². The van der Waals surface area contributed by atoms with E-state index in [-0.39, 0.29) is 5.91 Å². The van der Waals surface area contributed by atoms with Gasteiger partial charge in [0.2, 0.25) is 10.0 Å². The molecule has 26 heavy (non-hydrogen) atoms. The number of benzene rings is 2. The quantitative estimate of drug-likeness (QED) is 0.863. The fourth-order valence-electron chi connectivity index (χ4n) is 2.97. The molecule has 0 spiro atoms. The van der Waals surface area contributed by atoms with Gasteiger partial charge in [0.05, 0.1) is 29.8 Å². The molecule has 0 aliphatic carbocycles. The summed E-state index contributed by atoms with van der Waals surface area (Å²) in [6, 6.07) is 10.0. The molecular weight excluding hydrogens is 376 g/mol. The minimum absolute atomic E-state index is 0.309. The van der Waals surface area contributed by atoms with Gasteiger partial charge in [-0.2, -0.15) is 0 Å². The van der Waals surface area contributed by atoms with Crippen molar-refractivity contribution < 1.29 is 17.9 Å². The van der Waals surface area contributed by atoms with Gasteiger partial charge in [-0.15, -0.1) is 0 Å². The minimum atomic E-state index is -3.33. The highest BCUT2D eigenvalue weighted by Gasteiger charge is 2.24. The molecular formula is C18H19ClN2O4S. The summed E-state index contributed by atoms with van der Waals surface area (Å²) in [5, 5.41) is 3.14. The van der Waals surface area contributed by atoms with Crippen LogP contribution in [0.3, 0.4) is 0 Å². The second-order valence-corrected chi connectivity index (χ2v) is 8.40. The molecule has 0 saturated carbocycles. The van der Waals surface area contributed by atoms with Crippen molar-refractivity contribution in [2.45, 2.75) is 12.8 Å².